The highest BCUT2D eigenvalue weighted by Crippen LogP contribution is 2.33. The molecule has 29 heavy (non-hydrogen) atoms. The second kappa shape index (κ2) is 9.33. The number of nitrogens with one attached hydrogen (secondary N) is 1. The van der Waals surface area contributed by atoms with Crippen LogP contribution >= 0.6 is 0 Å². The van der Waals surface area contributed by atoms with Crippen LogP contribution in [0.4, 0.5) is 5.69 Å². The number of amides is 2. The number of hydrogen-bond acceptors (Lipinski definition) is 4. The highest BCUT2D eigenvalue weighted by molar-refractivity contribution is 5.93. The molecule has 1 N–H and O–H groups in total. The van der Waals surface area contributed by atoms with Gasteiger partial charge in [0.25, 0.3) is 0 Å². The fourth-order valence-corrected chi connectivity index (χ4v) is 4.34. The van der Waals surface area contributed by atoms with Crippen molar-refractivity contribution in [1.82, 2.24) is 4.90 Å². The van der Waals surface area contributed by atoms with E-state index in [1.54, 1.807) is 0 Å². The van der Waals surface area contributed by atoms with Gasteiger partial charge in [-0.05, 0) is 63.0 Å². The SMILES string of the molecule is O=C(CCC1CCN(C(=O)C2=CCCCC2)CC1)Nc1ccc2c(c1)OCCO2. The molecule has 2 amide bonds. The lowest BCUT2D eigenvalue weighted by Gasteiger charge is -2.33. The molecule has 0 saturated carbocycles. The number of piperidine rings is 1. The first kappa shape index (κ1) is 19.8. The number of hydrogen-bond donors (Lipinski definition) is 1. The Hall–Kier alpha value is -2.50. The second-order valence-corrected chi connectivity index (χ2v) is 8.16. The summed E-state index contributed by atoms with van der Waals surface area (Å²) in [5.41, 5.74) is 1.74. The Morgan fingerprint density at radius 2 is 1.86 bits per heavy atom. The van der Waals surface area contributed by atoms with E-state index in [1.807, 2.05) is 23.1 Å². The summed E-state index contributed by atoms with van der Waals surface area (Å²) in [6.45, 7) is 2.71. The van der Waals surface area contributed by atoms with E-state index in [2.05, 4.69) is 11.4 Å². The molecular formula is C23H30N2O4. The van der Waals surface area contributed by atoms with Crippen molar-refractivity contribution in [3.8, 4) is 11.5 Å². The van der Waals surface area contributed by atoms with Gasteiger partial charge >= 0.3 is 0 Å². The molecule has 156 valence electrons. The maximum atomic E-state index is 12.6. The van der Waals surface area contributed by atoms with Gasteiger partial charge in [-0.2, -0.15) is 0 Å². The predicted octanol–water partition coefficient (Wildman–Crippen LogP) is 3.92. The molecule has 0 bridgehead atoms. The number of carbonyl (C=O) groups is 2. The normalized spacial score (nSPS) is 19.4. The fourth-order valence-electron chi connectivity index (χ4n) is 4.34. The number of ether oxygens (including phenoxy) is 2. The topological polar surface area (TPSA) is 67.9 Å². The van der Waals surface area contributed by atoms with Crippen LogP contribution in [0.2, 0.25) is 0 Å². The Morgan fingerprint density at radius 3 is 2.62 bits per heavy atom. The van der Waals surface area contributed by atoms with Crippen LogP contribution in [0.5, 0.6) is 11.5 Å². The first-order valence-corrected chi connectivity index (χ1v) is 10.9. The second-order valence-electron chi connectivity index (χ2n) is 8.16. The molecule has 0 aromatic heterocycles. The number of nitrogens with zero attached hydrogens (tertiary/aromatic N) is 1. The zero-order valence-corrected chi connectivity index (χ0v) is 17.0. The van der Waals surface area contributed by atoms with Crippen molar-refractivity contribution in [3.63, 3.8) is 0 Å². The summed E-state index contributed by atoms with van der Waals surface area (Å²) in [6.07, 6.45) is 9.75. The van der Waals surface area contributed by atoms with Gasteiger partial charge in [-0.15, -0.1) is 0 Å². The third-order valence-corrected chi connectivity index (χ3v) is 6.07. The quantitative estimate of drug-likeness (QED) is 0.816. The van der Waals surface area contributed by atoms with Crippen LogP contribution < -0.4 is 14.8 Å². The number of carbonyl (C=O) groups excluding carboxylic acids is 2. The van der Waals surface area contributed by atoms with Crippen molar-refractivity contribution in [2.24, 2.45) is 5.92 Å². The smallest absolute Gasteiger partial charge is 0.249 e. The highest BCUT2D eigenvalue weighted by atomic mass is 16.6. The molecule has 6 nitrogen and oxygen atoms in total. The fraction of sp³-hybridized carbons (Fsp3) is 0.565. The first-order chi connectivity index (χ1) is 14.2. The van der Waals surface area contributed by atoms with Crippen LogP contribution in [0.15, 0.2) is 29.8 Å². The van der Waals surface area contributed by atoms with E-state index < -0.39 is 0 Å². The average Bonchev–Trinajstić information content (AvgIpc) is 2.78. The van der Waals surface area contributed by atoms with Crippen molar-refractivity contribution < 1.29 is 19.1 Å². The number of anilines is 1. The maximum absolute atomic E-state index is 12.6. The Bertz CT molecular complexity index is 781. The minimum absolute atomic E-state index is 0.0209. The monoisotopic (exact) mass is 398 g/mol. The molecule has 0 atom stereocenters. The molecule has 2 aliphatic heterocycles. The van der Waals surface area contributed by atoms with Crippen molar-refractivity contribution >= 4 is 17.5 Å². The minimum atomic E-state index is 0.0209. The number of rotatable bonds is 5. The minimum Gasteiger partial charge on any atom is -0.486 e. The van der Waals surface area contributed by atoms with Crippen LogP contribution in [0.1, 0.15) is 51.4 Å². The molecule has 6 heteroatoms. The Labute approximate surface area is 172 Å². The standard InChI is InChI=1S/C23H30N2O4/c26-22(24-19-7-8-20-21(16-19)29-15-14-28-20)9-6-17-10-12-25(13-11-17)23(27)18-4-2-1-3-5-18/h4,7-8,16-17H,1-3,5-6,9-15H2,(H,24,26). The van der Waals surface area contributed by atoms with Gasteiger partial charge in [0.2, 0.25) is 11.8 Å². The first-order valence-electron chi connectivity index (χ1n) is 10.9. The summed E-state index contributed by atoms with van der Waals surface area (Å²) in [6, 6.07) is 5.49. The van der Waals surface area contributed by atoms with Gasteiger partial charge in [-0.3, -0.25) is 9.59 Å². The summed E-state index contributed by atoms with van der Waals surface area (Å²) in [5.74, 6) is 2.16. The molecule has 1 saturated heterocycles. The summed E-state index contributed by atoms with van der Waals surface area (Å²) >= 11 is 0. The summed E-state index contributed by atoms with van der Waals surface area (Å²) in [5, 5.41) is 2.96. The third kappa shape index (κ3) is 5.11. The predicted molar refractivity (Wildman–Crippen MR) is 111 cm³/mol. The largest absolute Gasteiger partial charge is 0.486 e. The molecule has 3 aliphatic rings. The van der Waals surface area contributed by atoms with E-state index in [0.29, 0.717) is 31.3 Å². The molecule has 1 aromatic rings. The van der Waals surface area contributed by atoms with Gasteiger partial charge < -0.3 is 19.7 Å². The summed E-state index contributed by atoms with van der Waals surface area (Å²) in [4.78, 5) is 27.0. The van der Waals surface area contributed by atoms with Crippen LogP contribution in [0, 0.1) is 5.92 Å². The molecular weight excluding hydrogens is 368 g/mol. The van der Waals surface area contributed by atoms with Crippen LogP contribution in [0.3, 0.4) is 0 Å². The molecule has 1 aromatic carbocycles. The van der Waals surface area contributed by atoms with E-state index in [-0.39, 0.29) is 11.8 Å². The lowest BCUT2D eigenvalue weighted by Crippen LogP contribution is -2.39. The van der Waals surface area contributed by atoms with Gasteiger partial charge in [0.1, 0.15) is 13.2 Å². The zero-order chi connectivity index (χ0) is 20.1. The van der Waals surface area contributed by atoms with Gasteiger partial charge in [0, 0.05) is 36.8 Å². The number of benzene rings is 1. The molecule has 4 rings (SSSR count). The number of allylic oxidation sites excluding steroid dienone is 1. The van der Waals surface area contributed by atoms with E-state index >= 15 is 0 Å². The molecule has 0 unspecified atom stereocenters. The highest BCUT2D eigenvalue weighted by Gasteiger charge is 2.25. The van der Waals surface area contributed by atoms with Crippen molar-refractivity contribution in [1.29, 1.82) is 0 Å². The third-order valence-electron chi connectivity index (χ3n) is 6.07. The molecule has 2 heterocycles. The van der Waals surface area contributed by atoms with E-state index in [4.69, 9.17) is 9.47 Å². The van der Waals surface area contributed by atoms with Crippen molar-refractivity contribution in [2.75, 3.05) is 31.6 Å². The molecule has 0 radical (unpaired) electrons. The van der Waals surface area contributed by atoms with Crippen LogP contribution in [0.25, 0.3) is 0 Å². The van der Waals surface area contributed by atoms with E-state index in [9.17, 15) is 9.59 Å². The maximum Gasteiger partial charge on any atom is 0.249 e. The summed E-state index contributed by atoms with van der Waals surface area (Å²) in [7, 11) is 0. The zero-order valence-electron chi connectivity index (χ0n) is 17.0. The van der Waals surface area contributed by atoms with Gasteiger partial charge in [0.05, 0.1) is 0 Å². The molecule has 1 aliphatic carbocycles. The Morgan fingerprint density at radius 1 is 1.07 bits per heavy atom. The van der Waals surface area contributed by atoms with Crippen LogP contribution in [-0.4, -0.2) is 43.0 Å². The van der Waals surface area contributed by atoms with E-state index in [1.165, 1.54) is 6.42 Å². The number of likely N-dealkylation sites (tertiary alicyclic amines) is 1. The lowest BCUT2D eigenvalue weighted by molar-refractivity contribution is -0.129. The van der Waals surface area contributed by atoms with Crippen LogP contribution in [-0.2, 0) is 9.59 Å². The Balaban J connectivity index is 1.20. The van der Waals surface area contributed by atoms with E-state index in [0.717, 1.165) is 68.6 Å². The van der Waals surface area contributed by atoms with Crippen molar-refractivity contribution in [3.05, 3.63) is 29.8 Å². The lowest BCUT2D eigenvalue weighted by atomic mass is 9.91. The van der Waals surface area contributed by atoms with Gasteiger partial charge in [-0.1, -0.05) is 6.08 Å². The number of fused-ring (bicyclic) bond motifs is 1. The van der Waals surface area contributed by atoms with Gasteiger partial charge in [0.15, 0.2) is 11.5 Å². The Kier molecular flexibility index (Phi) is 6.37. The molecule has 1 fully saturated rings. The average molecular weight is 399 g/mol. The van der Waals surface area contributed by atoms with Crippen molar-refractivity contribution in [2.45, 2.75) is 51.4 Å². The summed E-state index contributed by atoms with van der Waals surface area (Å²) < 4.78 is 11.1. The van der Waals surface area contributed by atoms with Gasteiger partial charge in [-0.25, -0.2) is 0 Å². The molecule has 0 spiro atoms.